The predicted octanol–water partition coefficient (Wildman–Crippen LogP) is 27.6. The molecule has 7 aromatic rings. The molecule has 1 aliphatic rings. The van der Waals surface area contributed by atoms with Gasteiger partial charge in [-0.15, -0.1) is 6.58 Å². The zero-order valence-corrected chi connectivity index (χ0v) is 71.3. The zero-order valence-electron chi connectivity index (χ0n) is 69.7. The normalized spacial score (nSPS) is 11.6. The Bertz CT molecular complexity index is 3210. The van der Waals surface area contributed by atoms with Gasteiger partial charge in [-0.1, -0.05) is 346 Å². The van der Waals surface area contributed by atoms with Crippen molar-refractivity contribution in [3.8, 4) is 11.1 Å². The second kappa shape index (κ2) is 59.5. The summed E-state index contributed by atoms with van der Waals surface area (Å²) in [6, 6.07) is 60.5. The van der Waals surface area contributed by atoms with E-state index in [2.05, 4.69) is 212 Å². The van der Waals surface area contributed by atoms with Crippen LogP contribution in [0.3, 0.4) is 0 Å². The van der Waals surface area contributed by atoms with Crippen molar-refractivity contribution in [1.82, 2.24) is 4.98 Å². The van der Waals surface area contributed by atoms with Gasteiger partial charge in [0.25, 0.3) is 0 Å². The molecule has 1 fully saturated rings. The average Bonchev–Trinajstić information content (AvgIpc) is 0.924. The fraction of sp³-hybridized carbons (Fsp3) is 0.526. The molecular weight excluding hydrogens is 1320 g/mol. The number of aromatic nitrogens is 1. The molecule has 0 atom stereocenters. The molecule has 0 saturated heterocycles. The molecule has 0 unspecified atom stereocenters. The molecule has 6 aromatic carbocycles. The highest BCUT2D eigenvalue weighted by atomic mass is 35.5. The minimum Gasteiger partial charge on any atom is -0.461 e. The number of nitrogens with zero attached hydrogens (tertiary/aromatic N) is 1. The van der Waals surface area contributed by atoms with Crippen LogP contribution in [0.15, 0.2) is 212 Å². The van der Waals surface area contributed by atoms with Gasteiger partial charge in [0.15, 0.2) is 9.84 Å². The van der Waals surface area contributed by atoms with Gasteiger partial charge >= 0.3 is 11.9 Å². The molecule has 0 amide bonds. The molecule has 0 bridgehead atoms. The molecule has 0 N–H and O–H groups in total. The highest BCUT2D eigenvalue weighted by molar-refractivity contribution is 7.91. The lowest BCUT2D eigenvalue weighted by molar-refractivity contribution is -0.155. The Morgan fingerprint density at radius 3 is 1.27 bits per heavy atom. The zero-order chi connectivity index (χ0) is 79.1. The lowest BCUT2D eigenvalue weighted by Crippen LogP contribution is -2.24. The number of pyridine rings is 1. The summed E-state index contributed by atoms with van der Waals surface area (Å²) in [6.07, 6.45) is 19.1. The van der Waals surface area contributed by atoms with E-state index in [1.807, 2.05) is 141 Å². The van der Waals surface area contributed by atoms with Crippen molar-refractivity contribution < 1.29 is 27.5 Å². The minimum atomic E-state index is -3.06. The van der Waals surface area contributed by atoms with Gasteiger partial charge in [0.05, 0.1) is 10.6 Å². The molecule has 9 heteroatoms. The van der Waals surface area contributed by atoms with E-state index in [1.54, 1.807) is 24.3 Å². The maximum absolute atomic E-state index is 11.7. The van der Waals surface area contributed by atoms with Gasteiger partial charge in [0.2, 0.25) is 0 Å². The number of halogens is 1. The number of benzene rings is 6. The molecule has 7 nitrogen and oxygen atoms in total. The van der Waals surface area contributed by atoms with Crippen molar-refractivity contribution >= 4 is 33.4 Å². The van der Waals surface area contributed by atoms with Gasteiger partial charge < -0.3 is 9.47 Å². The van der Waals surface area contributed by atoms with Crippen molar-refractivity contribution in [3.05, 3.63) is 240 Å². The van der Waals surface area contributed by atoms with E-state index in [-0.39, 0.29) is 23.3 Å². The van der Waals surface area contributed by atoms with Crippen LogP contribution in [-0.4, -0.2) is 36.7 Å². The molecule has 1 aliphatic carbocycles. The molecule has 1 aromatic heterocycles. The molecular formula is C95H146ClNO6S. The first-order chi connectivity index (χ1) is 48.8. The Morgan fingerprint density at radius 2 is 0.885 bits per heavy atom. The van der Waals surface area contributed by atoms with Crippen molar-refractivity contribution in [3.63, 3.8) is 0 Å². The maximum Gasteiger partial charge on any atom is 0.306 e. The highest BCUT2D eigenvalue weighted by Crippen LogP contribution is 2.30. The predicted molar refractivity (Wildman–Crippen MR) is 454 cm³/mol. The third kappa shape index (κ3) is 60.6. The van der Waals surface area contributed by atoms with E-state index in [0.717, 1.165) is 84.1 Å². The number of hydrogen-bond donors (Lipinski definition) is 0. The largest absolute Gasteiger partial charge is 0.461 e. The number of sulfone groups is 1. The van der Waals surface area contributed by atoms with Crippen LogP contribution in [0, 0.1) is 65.1 Å². The van der Waals surface area contributed by atoms with Crippen molar-refractivity contribution in [2.45, 2.75) is 260 Å². The lowest BCUT2D eigenvalue weighted by atomic mass is 9.95. The SMILES string of the molecule is C=CCC(C)C.CC(C)C.CC(C)C1CCCC1.CC(C)CC(=O)OC(C)(C)C.CC(C)CC(=O)OCc1ccccc1.CC(C)CCS(=O)(=O)c1ccccc1.CC(C)Cc1ccc(-c2ccccc2)cc1.CC(C)Cc1ccccc1.CC(C)Cc1ccccc1Cl.CC(C)Cc1cccnc1. The highest BCUT2D eigenvalue weighted by Gasteiger charge is 2.18. The maximum atomic E-state index is 11.7. The Morgan fingerprint density at radius 1 is 0.481 bits per heavy atom. The van der Waals surface area contributed by atoms with Crippen LogP contribution in [0.1, 0.15) is 245 Å². The second-order valence-electron chi connectivity index (χ2n) is 32.6. The van der Waals surface area contributed by atoms with E-state index < -0.39 is 9.84 Å². The molecule has 0 spiro atoms. The first-order valence-corrected chi connectivity index (χ1v) is 41.0. The summed E-state index contributed by atoms with van der Waals surface area (Å²) < 4.78 is 33.7. The quantitative estimate of drug-likeness (QED) is 0.0492. The summed E-state index contributed by atoms with van der Waals surface area (Å²) in [7, 11) is -3.06. The first-order valence-electron chi connectivity index (χ1n) is 39.0. The molecule has 580 valence electrons. The van der Waals surface area contributed by atoms with E-state index in [0.29, 0.717) is 48.0 Å². The summed E-state index contributed by atoms with van der Waals surface area (Å²) in [4.78, 5) is 26.7. The second-order valence-corrected chi connectivity index (χ2v) is 35.1. The standard InChI is InChI=1S/C16H18.C12H16O2.C11H16O2S.C10H13Cl.C10H14.C9H13N.C9H18O2.C8H16.C6H12.C4H10/c1-13(2)12-14-8-10-16(11-9-14)15-6-4-3-5-7-15;1-10(2)8-12(13)14-9-11-6-4-3-5-7-11;1-10(2)8-9-14(12,13)11-6-4-3-5-7-11;1-8(2)7-9-5-3-4-6-10(9)11;1-9(2)8-10-6-4-3-5-7-10;1-8(2)6-9-4-3-5-10-7-9;1-7(2)6-8(10)11-9(3,4)5;1-7(2)8-5-3-4-6-8;1-4-5-6(2)3;1-4(2)3/h3-11,13H,12H2,1-2H3;2*3-7,10H,8-9H2,1-2H3;3-6,8H,7H2,1-2H3;3-7,9H,8H2,1-2H3;3-5,7-8H,6H2,1-2H3;7H,6H2,1-5H3;7-8H,3-6H2,1-2H3;4,6H,1,5H2,2-3H3;4H,1-3H3. The summed E-state index contributed by atoms with van der Waals surface area (Å²) in [5.74, 6) is 7.70. The van der Waals surface area contributed by atoms with Crippen LogP contribution in [0.4, 0.5) is 0 Å². The van der Waals surface area contributed by atoms with Crippen LogP contribution < -0.4 is 0 Å². The summed E-state index contributed by atoms with van der Waals surface area (Å²) in [5, 5.41) is 0.890. The topological polar surface area (TPSA) is 99.6 Å². The number of esters is 2. The number of hydrogen-bond acceptors (Lipinski definition) is 7. The Kier molecular flexibility index (Phi) is 56.9. The number of rotatable bonds is 22. The van der Waals surface area contributed by atoms with Crippen LogP contribution in [0.5, 0.6) is 0 Å². The third-order valence-corrected chi connectivity index (χ3v) is 17.1. The third-order valence-electron chi connectivity index (χ3n) is 15.0. The monoisotopic (exact) mass is 1460 g/mol. The number of allylic oxidation sites excluding steroid dienone is 1. The summed E-state index contributed by atoms with van der Waals surface area (Å²) in [5.41, 5.74) is 8.73. The van der Waals surface area contributed by atoms with Gasteiger partial charge in [0.1, 0.15) is 12.2 Å². The van der Waals surface area contributed by atoms with Crippen LogP contribution in [-0.2, 0) is 61.2 Å². The Labute approximate surface area is 644 Å². The minimum absolute atomic E-state index is 0.104. The van der Waals surface area contributed by atoms with Gasteiger partial charge in [-0.2, -0.15) is 0 Å². The van der Waals surface area contributed by atoms with E-state index in [4.69, 9.17) is 21.1 Å². The summed E-state index contributed by atoms with van der Waals surface area (Å²) in [6.45, 7) is 55.1. The molecule has 8 rings (SSSR count). The van der Waals surface area contributed by atoms with Crippen LogP contribution in [0.25, 0.3) is 11.1 Å². The van der Waals surface area contributed by atoms with Gasteiger partial charge in [-0.25, -0.2) is 8.42 Å². The first kappa shape index (κ1) is 99.4. The van der Waals surface area contributed by atoms with E-state index >= 15 is 0 Å². The lowest BCUT2D eigenvalue weighted by Gasteiger charge is -2.19. The van der Waals surface area contributed by atoms with Crippen LogP contribution >= 0.6 is 11.6 Å². The van der Waals surface area contributed by atoms with Gasteiger partial charge in [0, 0.05) is 30.3 Å². The number of ether oxygens (including phenoxy) is 2. The van der Waals surface area contributed by atoms with Crippen molar-refractivity contribution in [2.24, 2.45) is 65.1 Å². The number of carbonyl (C=O) groups excluding carboxylic acids is 2. The van der Waals surface area contributed by atoms with Gasteiger partial charge in [-0.05, 0) is 188 Å². The molecule has 0 radical (unpaired) electrons. The molecule has 0 aliphatic heterocycles. The van der Waals surface area contributed by atoms with Crippen LogP contribution in [0.2, 0.25) is 5.02 Å². The van der Waals surface area contributed by atoms with Crippen molar-refractivity contribution in [1.29, 1.82) is 0 Å². The Balaban J connectivity index is 0. The number of carbonyl (C=O) groups is 2. The van der Waals surface area contributed by atoms with E-state index in [9.17, 15) is 18.0 Å². The average molecular weight is 1470 g/mol. The molecule has 1 saturated carbocycles. The van der Waals surface area contributed by atoms with Crippen molar-refractivity contribution in [2.75, 3.05) is 5.75 Å². The fourth-order valence-corrected chi connectivity index (χ4v) is 11.9. The van der Waals surface area contributed by atoms with E-state index in [1.165, 1.54) is 65.5 Å². The fourth-order valence-electron chi connectivity index (χ4n) is 10.1. The smallest absolute Gasteiger partial charge is 0.306 e. The summed E-state index contributed by atoms with van der Waals surface area (Å²) >= 11 is 5.97. The molecule has 1 heterocycles. The Hall–Kier alpha value is -6.61. The van der Waals surface area contributed by atoms with Gasteiger partial charge in [-0.3, -0.25) is 14.6 Å². The molecule has 104 heavy (non-hydrogen) atoms.